The first-order valence-corrected chi connectivity index (χ1v) is 11.4. The van der Waals surface area contributed by atoms with Crippen LogP contribution >= 0.6 is 0 Å². The van der Waals surface area contributed by atoms with Crippen molar-refractivity contribution in [3.63, 3.8) is 0 Å². The summed E-state index contributed by atoms with van der Waals surface area (Å²) in [4.78, 5) is 15.1. The van der Waals surface area contributed by atoms with Crippen LogP contribution in [0.2, 0.25) is 0 Å². The van der Waals surface area contributed by atoms with Crippen molar-refractivity contribution in [2.75, 3.05) is 26.2 Å². The third kappa shape index (κ3) is 3.41. The van der Waals surface area contributed by atoms with Crippen molar-refractivity contribution >= 4 is 15.9 Å². The van der Waals surface area contributed by atoms with Gasteiger partial charge in [-0.25, -0.2) is 8.42 Å². The molecule has 3 fully saturated rings. The van der Waals surface area contributed by atoms with Gasteiger partial charge in [-0.1, -0.05) is 19.3 Å². The van der Waals surface area contributed by atoms with Crippen LogP contribution in [0.3, 0.4) is 0 Å². The quantitative estimate of drug-likeness (QED) is 0.814. The highest BCUT2D eigenvalue weighted by atomic mass is 32.2. The SMILES string of the molecule is O=C(c1ccc(S(=O)(=O)N2CCCC2)cc1)N1CC[C@@H]2CCCC[C@H]2C1. The fourth-order valence-electron chi connectivity index (χ4n) is 4.81. The molecule has 1 aliphatic carbocycles. The van der Waals surface area contributed by atoms with E-state index in [9.17, 15) is 13.2 Å². The number of rotatable bonds is 3. The molecule has 0 N–H and O–H groups in total. The van der Waals surface area contributed by atoms with Crippen molar-refractivity contribution in [2.45, 2.75) is 49.8 Å². The number of sulfonamides is 1. The van der Waals surface area contributed by atoms with Gasteiger partial charge in [-0.3, -0.25) is 4.79 Å². The van der Waals surface area contributed by atoms with E-state index in [-0.39, 0.29) is 5.91 Å². The van der Waals surface area contributed by atoms with Gasteiger partial charge in [0.2, 0.25) is 10.0 Å². The maximum absolute atomic E-state index is 12.9. The van der Waals surface area contributed by atoms with Gasteiger partial charge >= 0.3 is 0 Å². The van der Waals surface area contributed by atoms with Gasteiger partial charge in [-0.15, -0.1) is 0 Å². The molecule has 1 amide bonds. The van der Waals surface area contributed by atoms with Gasteiger partial charge in [0.05, 0.1) is 4.90 Å². The number of carbonyl (C=O) groups is 1. The van der Waals surface area contributed by atoms with Gasteiger partial charge in [-0.05, 0) is 61.8 Å². The van der Waals surface area contributed by atoms with Gasteiger partial charge in [-0.2, -0.15) is 4.31 Å². The van der Waals surface area contributed by atoms with E-state index in [2.05, 4.69) is 0 Å². The Kier molecular flexibility index (Phi) is 5.06. The van der Waals surface area contributed by atoms with E-state index in [0.29, 0.717) is 29.5 Å². The molecule has 1 aromatic rings. The van der Waals surface area contributed by atoms with E-state index in [1.54, 1.807) is 24.3 Å². The summed E-state index contributed by atoms with van der Waals surface area (Å²) in [5, 5.41) is 0. The van der Waals surface area contributed by atoms with E-state index >= 15 is 0 Å². The fourth-order valence-corrected chi connectivity index (χ4v) is 6.33. The number of benzene rings is 1. The summed E-state index contributed by atoms with van der Waals surface area (Å²) in [6.07, 6.45) is 8.13. The number of hydrogen-bond acceptors (Lipinski definition) is 3. The Morgan fingerprint density at radius 3 is 2.19 bits per heavy atom. The molecular weight excluding hydrogens is 348 g/mol. The number of hydrogen-bond donors (Lipinski definition) is 0. The summed E-state index contributed by atoms with van der Waals surface area (Å²) in [5.41, 5.74) is 0.597. The van der Waals surface area contributed by atoms with Crippen molar-refractivity contribution in [1.29, 1.82) is 0 Å². The highest BCUT2D eigenvalue weighted by molar-refractivity contribution is 7.89. The highest BCUT2D eigenvalue weighted by Crippen LogP contribution is 2.36. The molecule has 2 atom stereocenters. The molecule has 5 nitrogen and oxygen atoms in total. The van der Waals surface area contributed by atoms with E-state index < -0.39 is 10.0 Å². The zero-order chi connectivity index (χ0) is 18.1. The Hall–Kier alpha value is -1.40. The minimum Gasteiger partial charge on any atom is -0.338 e. The van der Waals surface area contributed by atoms with Gasteiger partial charge in [0.1, 0.15) is 0 Å². The molecule has 1 aromatic carbocycles. The standard InChI is InChI=1S/C20H28N2O3S/c23-20(21-14-11-16-5-1-2-6-18(16)15-21)17-7-9-19(10-8-17)26(24,25)22-12-3-4-13-22/h7-10,16,18H,1-6,11-15H2/t16-,18-/m0/s1. The molecule has 2 aliphatic heterocycles. The Bertz CT molecular complexity index is 754. The zero-order valence-electron chi connectivity index (χ0n) is 15.3. The van der Waals surface area contributed by atoms with Crippen molar-refractivity contribution < 1.29 is 13.2 Å². The molecule has 6 heteroatoms. The van der Waals surface area contributed by atoms with Crippen LogP contribution in [0.25, 0.3) is 0 Å². The summed E-state index contributed by atoms with van der Waals surface area (Å²) in [5.74, 6) is 1.48. The first-order chi connectivity index (χ1) is 12.6. The lowest BCUT2D eigenvalue weighted by Crippen LogP contribution is -2.44. The predicted octanol–water partition coefficient (Wildman–Crippen LogP) is 3.12. The molecule has 0 radical (unpaired) electrons. The predicted molar refractivity (Wildman–Crippen MR) is 100 cm³/mol. The van der Waals surface area contributed by atoms with Crippen LogP contribution in [0.15, 0.2) is 29.2 Å². The Morgan fingerprint density at radius 2 is 1.50 bits per heavy atom. The maximum Gasteiger partial charge on any atom is 0.253 e. The van der Waals surface area contributed by atoms with E-state index in [1.165, 1.54) is 30.0 Å². The Labute approximate surface area is 156 Å². The number of piperidine rings is 1. The first kappa shape index (κ1) is 18.0. The van der Waals surface area contributed by atoms with E-state index in [4.69, 9.17) is 0 Å². The second-order valence-electron chi connectivity index (χ2n) is 7.98. The topological polar surface area (TPSA) is 57.7 Å². The smallest absolute Gasteiger partial charge is 0.253 e. The van der Waals surface area contributed by atoms with Crippen molar-refractivity contribution in [1.82, 2.24) is 9.21 Å². The molecule has 0 spiro atoms. The number of amides is 1. The van der Waals surface area contributed by atoms with Gasteiger partial charge in [0.15, 0.2) is 0 Å². The molecule has 0 bridgehead atoms. The number of fused-ring (bicyclic) bond motifs is 1. The molecule has 0 aromatic heterocycles. The van der Waals surface area contributed by atoms with Crippen molar-refractivity contribution in [2.24, 2.45) is 11.8 Å². The monoisotopic (exact) mass is 376 g/mol. The minimum atomic E-state index is -3.41. The molecule has 2 heterocycles. The van der Waals surface area contributed by atoms with Crippen LogP contribution in [-0.4, -0.2) is 49.7 Å². The molecule has 26 heavy (non-hydrogen) atoms. The average molecular weight is 377 g/mol. The lowest BCUT2D eigenvalue weighted by molar-refractivity contribution is 0.0521. The van der Waals surface area contributed by atoms with Crippen LogP contribution in [0.1, 0.15) is 55.3 Å². The van der Waals surface area contributed by atoms with Gasteiger partial charge < -0.3 is 4.90 Å². The Balaban J connectivity index is 1.45. The second kappa shape index (κ2) is 7.31. The number of likely N-dealkylation sites (tertiary alicyclic amines) is 1. The third-order valence-corrected chi connectivity index (χ3v) is 8.30. The van der Waals surface area contributed by atoms with Crippen LogP contribution in [0, 0.1) is 11.8 Å². The molecule has 4 rings (SSSR count). The van der Waals surface area contributed by atoms with Crippen LogP contribution in [-0.2, 0) is 10.0 Å². The minimum absolute atomic E-state index is 0.0409. The number of carbonyl (C=O) groups excluding carboxylic acids is 1. The number of nitrogens with zero attached hydrogens (tertiary/aromatic N) is 2. The largest absolute Gasteiger partial charge is 0.338 e. The lowest BCUT2D eigenvalue weighted by atomic mass is 9.75. The van der Waals surface area contributed by atoms with Crippen molar-refractivity contribution in [3.8, 4) is 0 Å². The van der Waals surface area contributed by atoms with Crippen LogP contribution in [0.4, 0.5) is 0 Å². The van der Waals surface area contributed by atoms with Crippen LogP contribution in [0.5, 0.6) is 0 Å². The average Bonchev–Trinajstić information content (AvgIpc) is 3.23. The third-order valence-electron chi connectivity index (χ3n) is 6.38. The van der Waals surface area contributed by atoms with Gasteiger partial charge in [0, 0.05) is 31.7 Å². The normalized spacial score (nSPS) is 27.3. The zero-order valence-corrected chi connectivity index (χ0v) is 16.1. The molecule has 142 valence electrons. The molecule has 2 saturated heterocycles. The fraction of sp³-hybridized carbons (Fsp3) is 0.650. The summed E-state index contributed by atoms with van der Waals surface area (Å²) in [6.45, 7) is 2.88. The molecular formula is C20H28N2O3S. The molecule has 3 aliphatic rings. The van der Waals surface area contributed by atoms with Crippen LogP contribution < -0.4 is 0 Å². The summed E-state index contributed by atoms with van der Waals surface area (Å²) < 4.78 is 26.7. The second-order valence-corrected chi connectivity index (χ2v) is 9.92. The first-order valence-electron chi connectivity index (χ1n) is 9.95. The van der Waals surface area contributed by atoms with E-state index in [1.807, 2.05) is 4.90 Å². The van der Waals surface area contributed by atoms with Crippen molar-refractivity contribution in [3.05, 3.63) is 29.8 Å². The summed E-state index contributed by atoms with van der Waals surface area (Å²) in [7, 11) is -3.41. The lowest BCUT2D eigenvalue weighted by Gasteiger charge is -2.41. The van der Waals surface area contributed by atoms with E-state index in [0.717, 1.165) is 38.3 Å². The maximum atomic E-state index is 12.9. The highest BCUT2D eigenvalue weighted by Gasteiger charge is 2.33. The summed E-state index contributed by atoms with van der Waals surface area (Å²) >= 11 is 0. The molecule has 1 saturated carbocycles. The Morgan fingerprint density at radius 1 is 0.846 bits per heavy atom. The summed E-state index contributed by atoms with van der Waals surface area (Å²) in [6, 6.07) is 6.54. The molecule has 0 unspecified atom stereocenters. The van der Waals surface area contributed by atoms with Gasteiger partial charge in [0.25, 0.3) is 5.91 Å².